The fraction of sp³-hybridized carbons (Fsp3) is 0.462. The molecule has 3 heteroatoms. The predicted molar refractivity (Wildman–Crippen MR) is 63.6 cm³/mol. The first-order chi connectivity index (χ1) is 7.86. The fourth-order valence-corrected chi connectivity index (χ4v) is 1.92. The molecule has 0 unspecified atom stereocenters. The van der Waals surface area contributed by atoms with Gasteiger partial charge in [0, 0.05) is 5.92 Å². The van der Waals surface area contributed by atoms with Crippen LogP contribution < -0.4 is 5.32 Å². The quantitative estimate of drug-likeness (QED) is 0.853. The molecule has 84 valence electrons. The normalized spacial score (nSPS) is 15.8. The molecule has 0 bridgehead atoms. The van der Waals surface area contributed by atoms with Crippen molar-refractivity contribution in [2.45, 2.75) is 25.2 Å². The second kappa shape index (κ2) is 3.91. The van der Waals surface area contributed by atoms with Crippen LogP contribution in [0.2, 0.25) is 0 Å². The largest absolute Gasteiger partial charge is 0.440 e. The Balaban J connectivity index is 1.90. The summed E-state index contributed by atoms with van der Waals surface area (Å²) >= 11 is 0. The summed E-state index contributed by atoms with van der Waals surface area (Å²) < 4.78 is 5.72. The minimum Gasteiger partial charge on any atom is -0.440 e. The van der Waals surface area contributed by atoms with E-state index in [4.69, 9.17) is 4.42 Å². The van der Waals surface area contributed by atoms with Gasteiger partial charge >= 0.3 is 0 Å². The Morgan fingerprint density at radius 2 is 2.31 bits per heavy atom. The highest BCUT2D eigenvalue weighted by atomic mass is 16.3. The molecule has 3 nitrogen and oxygen atoms in total. The van der Waals surface area contributed by atoms with Crippen molar-refractivity contribution in [2.75, 3.05) is 13.6 Å². The molecule has 3 rings (SSSR count). The summed E-state index contributed by atoms with van der Waals surface area (Å²) in [4.78, 5) is 4.56. The Hall–Kier alpha value is -1.35. The maximum atomic E-state index is 5.72. The molecule has 1 aromatic carbocycles. The molecule has 0 saturated heterocycles. The molecule has 2 aromatic rings. The van der Waals surface area contributed by atoms with Crippen LogP contribution in [0.25, 0.3) is 11.1 Å². The zero-order chi connectivity index (χ0) is 11.0. The molecular weight excluding hydrogens is 200 g/mol. The third-order valence-electron chi connectivity index (χ3n) is 3.06. The van der Waals surface area contributed by atoms with Gasteiger partial charge in [0.2, 0.25) is 0 Å². The summed E-state index contributed by atoms with van der Waals surface area (Å²) in [5.41, 5.74) is 3.25. The zero-order valence-electron chi connectivity index (χ0n) is 9.49. The molecule has 16 heavy (non-hydrogen) atoms. The van der Waals surface area contributed by atoms with Gasteiger partial charge in [-0.3, -0.25) is 0 Å². The lowest BCUT2D eigenvalue weighted by Gasteiger charge is -1.99. The van der Waals surface area contributed by atoms with E-state index in [1.807, 2.05) is 13.1 Å². The zero-order valence-corrected chi connectivity index (χ0v) is 9.49. The molecule has 1 fully saturated rings. The summed E-state index contributed by atoms with van der Waals surface area (Å²) in [6.07, 6.45) is 3.51. The molecule has 1 aliphatic carbocycles. The third-order valence-corrected chi connectivity index (χ3v) is 3.06. The highest BCUT2D eigenvalue weighted by molar-refractivity contribution is 5.73. The van der Waals surface area contributed by atoms with Crippen molar-refractivity contribution in [1.82, 2.24) is 10.3 Å². The van der Waals surface area contributed by atoms with Crippen LogP contribution in [0.1, 0.15) is 30.2 Å². The van der Waals surface area contributed by atoms with Crippen LogP contribution in [0.4, 0.5) is 0 Å². The maximum Gasteiger partial charge on any atom is 0.198 e. The maximum absolute atomic E-state index is 5.72. The van der Waals surface area contributed by atoms with Crippen LogP contribution in [-0.2, 0) is 6.42 Å². The molecule has 1 aliphatic rings. The number of rotatable bonds is 4. The molecule has 0 spiro atoms. The third kappa shape index (κ3) is 1.83. The van der Waals surface area contributed by atoms with Crippen molar-refractivity contribution in [1.29, 1.82) is 0 Å². The molecular formula is C13H16N2O. The van der Waals surface area contributed by atoms with Gasteiger partial charge in [-0.2, -0.15) is 0 Å². The van der Waals surface area contributed by atoms with E-state index in [0.29, 0.717) is 5.92 Å². The highest BCUT2D eigenvalue weighted by Crippen LogP contribution is 2.40. The lowest BCUT2D eigenvalue weighted by atomic mass is 10.1. The second-order valence-electron chi connectivity index (χ2n) is 4.48. The summed E-state index contributed by atoms with van der Waals surface area (Å²) in [6, 6.07) is 6.31. The smallest absolute Gasteiger partial charge is 0.198 e. The fourth-order valence-electron chi connectivity index (χ4n) is 1.92. The van der Waals surface area contributed by atoms with Gasteiger partial charge in [0.05, 0.1) is 0 Å². The van der Waals surface area contributed by atoms with Crippen LogP contribution in [0, 0.1) is 0 Å². The average Bonchev–Trinajstić information content (AvgIpc) is 3.06. The van der Waals surface area contributed by atoms with Crippen molar-refractivity contribution >= 4 is 11.1 Å². The molecule has 1 aromatic heterocycles. The first-order valence-corrected chi connectivity index (χ1v) is 5.91. The molecule has 1 saturated carbocycles. The number of aromatic nitrogens is 1. The lowest BCUT2D eigenvalue weighted by Crippen LogP contribution is -2.10. The number of hydrogen-bond acceptors (Lipinski definition) is 3. The van der Waals surface area contributed by atoms with Gasteiger partial charge in [0.1, 0.15) is 5.52 Å². The number of benzene rings is 1. The van der Waals surface area contributed by atoms with E-state index in [1.54, 1.807) is 0 Å². The van der Waals surface area contributed by atoms with Crippen molar-refractivity contribution in [3.8, 4) is 0 Å². The summed E-state index contributed by atoms with van der Waals surface area (Å²) in [6.45, 7) is 0.999. The van der Waals surface area contributed by atoms with Crippen LogP contribution in [0.3, 0.4) is 0 Å². The van der Waals surface area contributed by atoms with Crippen LogP contribution in [0.15, 0.2) is 22.6 Å². The van der Waals surface area contributed by atoms with E-state index in [2.05, 4.69) is 22.4 Å². The van der Waals surface area contributed by atoms with Gasteiger partial charge in [0.25, 0.3) is 0 Å². The van der Waals surface area contributed by atoms with E-state index in [0.717, 1.165) is 30.0 Å². The molecule has 1 N–H and O–H groups in total. The van der Waals surface area contributed by atoms with E-state index >= 15 is 0 Å². The lowest BCUT2D eigenvalue weighted by molar-refractivity contribution is 0.533. The van der Waals surface area contributed by atoms with E-state index in [-0.39, 0.29) is 0 Å². The van der Waals surface area contributed by atoms with Crippen molar-refractivity contribution < 1.29 is 4.42 Å². The SMILES string of the molecule is CNCCc1ccc2oc(C3CC3)nc2c1. The standard InChI is InChI=1S/C13H16N2O/c1-14-7-6-9-2-5-12-11(8-9)15-13(16-12)10-3-4-10/h2,5,8,10,14H,3-4,6-7H2,1H3. The van der Waals surface area contributed by atoms with Crippen molar-refractivity contribution in [3.63, 3.8) is 0 Å². The van der Waals surface area contributed by atoms with Gasteiger partial charge in [-0.25, -0.2) is 4.98 Å². The summed E-state index contributed by atoms with van der Waals surface area (Å²) in [7, 11) is 1.97. The average molecular weight is 216 g/mol. The number of nitrogens with one attached hydrogen (secondary N) is 1. The monoisotopic (exact) mass is 216 g/mol. The summed E-state index contributed by atoms with van der Waals surface area (Å²) in [5.74, 6) is 1.52. The first kappa shape index (κ1) is 9.85. The Kier molecular flexibility index (Phi) is 2.40. The minimum absolute atomic E-state index is 0.591. The Morgan fingerprint density at radius 1 is 1.44 bits per heavy atom. The number of hydrogen-bond donors (Lipinski definition) is 1. The number of oxazole rings is 1. The van der Waals surface area contributed by atoms with Gasteiger partial charge in [-0.05, 0) is 50.6 Å². The summed E-state index contributed by atoms with van der Waals surface area (Å²) in [5, 5.41) is 3.15. The Bertz CT molecular complexity index is 500. The minimum atomic E-state index is 0.591. The van der Waals surface area contributed by atoms with Crippen molar-refractivity contribution in [2.24, 2.45) is 0 Å². The second-order valence-corrected chi connectivity index (χ2v) is 4.48. The van der Waals surface area contributed by atoms with Gasteiger partial charge in [-0.15, -0.1) is 0 Å². The van der Waals surface area contributed by atoms with Gasteiger partial charge in [0.15, 0.2) is 11.5 Å². The topological polar surface area (TPSA) is 38.1 Å². The van der Waals surface area contributed by atoms with Crippen molar-refractivity contribution in [3.05, 3.63) is 29.7 Å². The van der Waals surface area contributed by atoms with Crippen LogP contribution in [-0.4, -0.2) is 18.6 Å². The van der Waals surface area contributed by atoms with Crippen LogP contribution in [0.5, 0.6) is 0 Å². The Morgan fingerprint density at radius 3 is 3.06 bits per heavy atom. The van der Waals surface area contributed by atoms with E-state index in [9.17, 15) is 0 Å². The highest BCUT2D eigenvalue weighted by Gasteiger charge is 2.28. The predicted octanol–water partition coefficient (Wildman–Crippen LogP) is 2.47. The number of fused-ring (bicyclic) bond motifs is 1. The van der Waals surface area contributed by atoms with E-state index in [1.165, 1.54) is 18.4 Å². The number of likely N-dealkylation sites (N-methyl/N-ethyl adjacent to an activating group) is 1. The Labute approximate surface area is 94.9 Å². The molecule has 0 radical (unpaired) electrons. The molecule has 1 heterocycles. The number of nitrogens with zero attached hydrogens (tertiary/aromatic N) is 1. The van der Waals surface area contributed by atoms with Gasteiger partial charge in [-0.1, -0.05) is 6.07 Å². The molecule has 0 amide bonds. The molecule has 0 aliphatic heterocycles. The van der Waals surface area contributed by atoms with Gasteiger partial charge < -0.3 is 9.73 Å². The molecule has 0 atom stereocenters. The van der Waals surface area contributed by atoms with Crippen LogP contribution >= 0.6 is 0 Å². The first-order valence-electron chi connectivity index (χ1n) is 5.91. The van der Waals surface area contributed by atoms with E-state index < -0.39 is 0 Å².